The van der Waals surface area contributed by atoms with Crippen molar-refractivity contribution in [3.8, 4) is 11.8 Å². The molecule has 0 unspecified atom stereocenters. The summed E-state index contributed by atoms with van der Waals surface area (Å²) in [5.74, 6) is -0.788. The Morgan fingerprint density at radius 1 is 1.15 bits per heavy atom. The molecule has 4 rings (SSSR count). The van der Waals surface area contributed by atoms with Gasteiger partial charge in [0.2, 0.25) is 5.91 Å². The van der Waals surface area contributed by atoms with E-state index in [1.54, 1.807) is 36.4 Å². The van der Waals surface area contributed by atoms with Crippen LogP contribution in [0.4, 0.5) is 20.6 Å². The third-order valence-corrected chi connectivity index (χ3v) is 5.09. The molecule has 0 aliphatic heterocycles. The summed E-state index contributed by atoms with van der Waals surface area (Å²) in [5, 5.41) is 17.4. The van der Waals surface area contributed by atoms with Gasteiger partial charge >= 0.3 is 6.09 Å². The summed E-state index contributed by atoms with van der Waals surface area (Å²) in [6.07, 6.45) is 4.05. The first-order valence-electron chi connectivity index (χ1n) is 10.1. The van der Waals surface area contributed by atoms with E-state index in [4.69, 9.17) is 4.74 Å². The standard InChI is InChI=1S/C23H19FN6O3/c24-19-9-17(29-20-4-2-1-3-15(20)10-25)6-5-16(19)11-28-21(31)23(7-8-23)30-22(32)33-18-12-26-14-27-13-18/h1-6,9,12-14,29H,7-8,11H2,(H,28,31)(H,30,32). The molecule has 1 aliphatic carbocycles. The second-order valence-corrected chi connectivity index (χ2v) is 7.44. The van der Waals surface area contributed by atoms with E-state index >= 15 is 0 Å². The Kier molecular flexibility index (Phi) is 6.13. The Morgan fingerprint density at radius 2 is 1.91 bits per heavy atom. The third-order valence-electron chi connectivity index (χ3n) is 5.09. The van der Waals surface area contributed by atoms with Crippen molar-refractivity contribution in [2.24, 2.45) is 0 Å². The lowest BCUT2D eigenvalue weighted by Gasteiger charge is -2.17. The topological polar surface area (TPSA) is 129 Å². The molecule has 1 saturated carbocycles. The number of hydrogen-bond donors (Lipinski definition) is 3. The van der Waals surface area contributed by atoms with Gasteiger partial charge in [-0.2, -0.15) is 5.26 Å². The minimum absolute atomic E-state index is 0.0509. The smallest absolute Gasteiger partial charge is 0.407 e. The number of halogens is 1. The second kappa shape index (κ2) is 9.32. The lowest BCUT2D eigenvalue weighted by Crippen LogP contribution is -2.49. The van der Waals surface area contributed by atoms with Gasteiger partial charge < -0.3 is 20.7 Å². The minimum Gasteiger partial charge on any atom is -0.407 e. The molecular formula is C23H19FN6O3. The number of anilines is 2. The van der Waals surface area contributed by atoms with Gasteiger partial charge in [-0.15, -0.1) is 0 Å². The maximum Gasteiger partial charge on any atom is 0.413 e. The van der Waals surface area contributed by atoms with Crippen LogP contribution in [0.15, 0.2) is 61.2 Å². The molecule has 0 radical (unpaired) electrons. The van der Waals surface area contributed by atoms with Crippen LogP contribution in [0.3, 0.4) is 0 Å². The van der Waals surface area contributed by atoms with Gasteiger partial charge in [0.15, 0.2) is 5.75 Å². The summed E-state index contributed by atoms with van der Waals surface area (Å²) in [6, 6.07) is 13.5. The van der Waals surface area contributed by atoms with Crippen LogP contribution in [0, 0.1) is 17.1 Å². The van der Waals surface area contributed by atoms with Gasteiger partial charge in [0.05, 0.1) is 23.6 Å². The molecule has 33 heavy (non-hydrogen) atoms. The van der Waals surface area contributed by atoms with Gasteiger partial charge in [-0.3, -0.25) is 4.79 Å². The number of rotatable bonds is 7. The van der Waals surface area contributed by atoms with Gasteiger partial charge in [-0.05, 0) is 37.1 Å². The first-order valence-corrected chi connectivity index (χ1v) is 10.1. The Balaban J connectivity index is 1.33. The first kappa shape index (κ1) is 21.7. The van der Waals surface area contributed by atoms with Crippen molar-refractivity contribution in [2.75, 3.05) is 5.32 Å². The van der Waals surface area contributed by atoms with E-state index in [1.165, 1.54) is 24.8 Å². The molecule has 0 atom stereocenters. The highest BCUT2D eigenvalue weighted by Crippen LogP contribution is 2.36. The van der Waals surface area contributed by atoms with Crippen molar-refractivity contribution < 1.29 is 18.7 Å². The SMILES string of the molecule is N#Cc1ccccc1Nc1ccc(CNC(=O)C2(NC(=O)Oc3cncnc3)CC2)c(F)c1. The predicted octanol–water partition coefficient (Wildman–Crippen LogP) is 3.17. The molecule has 3 aromatic rings. The number of carbonyl (C=O) groups excluding carboxylic acids is 2. The highest BCUT2D eigenvalue weighted by molar-refractivity contribution is 5.93. The van der Waals surface area contributed by atoms with E-state index in [0.717, 1.165) is 0 Å². The highest BCUT2D eigenvalue weighted by Gasteiger charge is 2.51. The third kappa shape index (κ3) is 5.22. The van der Waals surface area contributed by atoms with Crippen molar-refractivity contribution >= 4 is 23.4 Å². The average molecular weight is 446 g/mol. The van der Waals surface area contributed by atoms with Crippen molar-refractivity contribution in [3.05, 3.63) is 78.1 Å². The molecule has 0 saturated heterocycles. The molecule has 2 aromatic carbocycles. The highest BCUT2D eigenvalue weighted by atomic mass is 19.1. The maximum atomic E-state index is 14.6. The van der Waals surface area contributed by atoms with Crippen molar-refractivity contribution in [1.29, 1.82) is 5.26 Å². The minimum atomic E-state index is -1.08. The lowest BCUT2D eigenvalue weighted by atomic mass is 10.1. The van der Waals surface area contributed by atoms with Crippen LogP contribution in [-0.4, -0.2) is 27.5 Å². The molecule has 166 valence electrons. The number of carbonyl (C=O) groups is 2. The van der Waals surface area contributed by atoms with Gasteiger partial charge in [0.1, 0.15) is 23.8 Å². The van der Waals surface area contributed by atoms with E-state index in [9.17, 15) is 19.2 Å². The normalized spacial score (nSPS) is 13.3. The van der Waals surface area contributed by atoms with Crippen LogP contribution >= 0.6 is 0 Å². The van der Waals surface area contributed by atoms with Crippen molar-refractivity contribution in [3.63, 3.8) is 0 Å². The Morgan fingerprint density at radius 3 is 2.61 bits per heavy atom. The van der Waals surface area contributed by atoms with Crippen molar-refractivity contribution in [2.45, 2.75) is 24.9 Å². The molecule has 0 spiro atoms. The van der Waals surface area contributed by atoms with E-state index in [0.29, 0.717) is 29.8 Å². The molecule has 3 N–H and O–H groups in total. The van der Waals surface area contributed by atoms with E-state index in [1.807, 2.05) is 0 Å². The summed E-state index contributed by atoms with van der Waals surface area (Å²) in [7, 11) is 0. The summed E-state index contributed by atoms with van der Waals surface area (Å²) in [6.45, 7) is -0.0509. The molecular weight excluding hydrogens is 427 g/mol. The Labute approximate surface area is 188 Å². The molecule has 2 amide bonds. The van der Waals surface area contributed by atoms with Gasteiger partial charge in [-0.25, -0.2) is 19.2 Å². The summed E-state index contributed by atoms with van der Waals surface area (Å²) in [4.78, 5) is 32.2. The number of benzene rings is 2. The Hall–Kier alpha value is -4.52. The monoisotopic (exact) mass is 446 g/mol. The number of aromatic nitrogens is 2. The first-order chi connectivity index (χ1) is 16.0. The molecule has 10 heteroatoms. The van der Waals surface area contributed by atoms with Crippen LogP contribution in [-0.2, 0) is 11.3 Å². The van der Waals surface area contributed by atoms with E-state index in [-0.39, 0.29) is 17.9 Å². The number of para-hydroxylation sites is 1. The zero-order chi connectivity index (χ0) is 23.3. The number of amides is 2. The molecule has 9 nitrogen and oxygen atoms in total. The zero-order valence-electron chi connectivity index (χ0n) is 17.3. The molecule has 1 aliphatic rings. The summed E-state index contributed by atoms with van der Waals surface area (Å²) >= 11 is 0. The van der Waals surface area contributed by atoms with Crippen LogP contribution in [0.2, 0.25) is 0 Å². The molecule has 0 bridgehead atoms. The van der Waals surface area contributed by atoms with Crippen LogP contribution in [0.1, 0.15) is 24.0 Å². The van der Waals surface area contributed by atoms with Crippen LogP contribution in [0.5, 0.6) is 5.75 Å². The average Bonchev–Trinajstić information content (AvgIpc) is 3.60. The largest absolute Gasteiger partial charge is 0.413 e. The fourth-order valence-corrected chi connectivity index (χ4v) is 3.16. The van der Waals surface area contributed by atoms with E-state index in [2.05, 4.69) is 32.0 Å². The van der Waals surface area contributed by atoms with Crippen LogP contribution in [0.25, 0.3) is 0 Å². The number of nitrogens with zero attached hydrogens (tertiary/aromatic N) is 3. The zero-order valence-corrected chi connectivity index (χ0v) is 17.3. The lowest BCUT2D eigenvalue weighted by molar-refractivity contribution is -0.124. The number of ether oxygens (including phenoxy) is 1. The number of hydrogen-bond acceptors (Lipinski definition) is 7. The fourth-order valence-electron chi connectivity index (χ4n) is 3.16. The fraction of sp³-hybridized carbons (Fsp3) is 0.174. The predicted molar refractivity (Wildman–Crippen MR) is 116 cm³/mol. The summed E-state index contributed by atoms with van der Waals surface area (Å²) in [5.41, 5.74) is 0.678. The van der Waals surface area contributed by atoms with Gasteiger partial charge in [-0.1, -0.05) is 18.2 Å². The number of nitriles is 1. The van der Waals surface area contributed by atoms with Crippen LogP contribution < -0.4 is 20.7 Å². The van der Waals surface area contributed by atoms with E-state index < -0.39 is 23.4 Å². The number of nitrogens with one attached hydrogen (secondary N) is 3. The summed E-state index contributed by atoms with van der Waals surface area (Å²) < 4.78 is 19.7. The Bertz CT molecular complexity index is 1220. The quantitative estimate of drug-likeness (QED) is 0.508. The molecule has 1 fully saturated rings. The maximum absolute atomic E-state index is 14.6. The second-order valence-electron chi connectivity index (χ2n) is 7.44. The van der Waals surface area contributed by atoms with Gasteiger partial charge in [0.25, 0.3) is 0 Å². The van der Waals surface area contributed by atoms with Gasteiger partial charge in [0, 0.05) is 17.8 Å². The molecule has 1 aromatic heterocycles. The van der Waals surface area contributed by atoms with Crippen molar-refractivity contribution in [1.82, 2.24) is 20.6 Å². The molecule has 1 heterocycles.